The lowest BCUT2D eigenvalue weighted by atomic mass is 10.1. The van der Waals surface area contributed by atoms with Crippen LogP contribution in [0.1, 0.15) is 11.1 Å². The second-order valence-electron chi connectivity index (χ2n) is 5.44. The van der Waals surface area contributed by atoms with Crippen LogP contribution in [0.5, 0.6) is 0 Å². The van der Waals surface area contributed by atoms with Gasteiger partial charge >= 0.3 is 6.18 Å². The molecule has 0 unspecified atom stereocenters. The third kappa shape index (κ3) is 8.12. The Hall–Kier alpha value is -1.70. The average molecular weight is 404 g/mol. The van der Waals surface area contributed by atoms with Crippen LogP contribution in [0, 0.1) is 0 Å². The summed E-state index contributed by atoms with van der Waals surface area (Å²) in [5.74, 6) is 0.174. The molecule has 0 heterocycles. The van der Waals surface area contributed by atoms with Crippen molar-refractivity contribution < 1.29 is 22.7 Å². The maximum absolute atomic E-state index is 12.0. The number of hydrogen-bond donors (Lipinski definition) is 1. The summed E-state index contributed by atoms with van der Waals surface area (Å²) in [6, 6.07) is 14.1. The second-order valence-corrected chi connectivity index (χ2v) is 6.93. The summed E-state index contributed by atoms with van der Waals surface area (Å²) >= 11 is 7.21. The summed E-state index contributed by atoms with van der Waals surface area (Å²) in [6.45, 7) is -1.02. The molecule has 0 fully saturated rings. The van der Waals surface area contributed by atoms with Crippen molar-refractivity contribution in [3.63, 3.8) is 0 Å². The highest BCUT2D eigenvalue weighted by molar-refractivity contribution is 8.00. The van der Waals surface area contributed by atoms with Crippen LogP contribution >= 0.6 is 23.4 Å². The Morgan fingerprint density at radius 1 is 1.04 bits per heavy atom. The van der Waals surface area contributed by atoms with Gasteiger partial charge in [-0.25, -0.2) is 0 Å². The molecule has 0 aliphatic rings. The van der Waals surface area contributed by atoms with Gasteiger partial charge in [-0.15, -0.1) is 11.8 Å². The fraction of sp³-hybridized carbons (Fsp3) is 0.278. The number of amides is 1. The number of halogens is 4. The molecule has 2 aromatic carbocycles. The lowest BCUT2D eigenvalue weighted by Crippen LogP contribution is -2.24. The smallest absolute Gasteiger partial charge is 0.367 e. The van der Waals surface area contributed by atoms with Crippen molar-refractivity contribution in [3.05, 3.63) is 64.7 Å². The standard InChI is InChI=1S/C18H17ClF3NO2S/c19-15-5-7-16(8-6-15)26-11-17(24)23-9-13-1-3-14(4-2-13)10-25-12-18(20,21)22/h1-8H,9-12H2,(H,23,24). The first-order chi connectivity index (χ1) is 12.3. The molecule has 0 spiro atoms. The van der Waals surface area contributed by atoms with Crippen molar-refractivity contribution >= 4 is 29.3 Å². The molecule has 0 aliphatic carbocycles. The fourth-order valence-electron chi connectivity index (χ4n) is 1.97. The normalized spacial score (nSPS) is 11.4. The van der Waals surface area contributed by atoms with Gasteiger partial charge in [-0.2, -0.15) is 13.2 Å². The summed E-state index contributed by atoms with van der Waals surface area (Å²) in [5, 5.41) is 3.44. The molecule has 0 atom stereocenters. The van der Waals surface area contributed by atoms with Crippen LogP contribution in [-0.4, -0.2) is 24.4 Å². The first-order valence-corrected chi connectivity index (χ1v) is 9.05. The minimum atomic E-state index is -4.33. The number of hydrogen-bond acceptors (Lipinski definition) is 3. The fourth-order valence-corrected chi connectivity index (χ4v) is 2.82. The van der Waals surface area contributed by atoms with E-state index in [9.17, 15) is 18.0 Å². The van der Waals surface area contributed by atoms with Gasteiger partial charge in [-0.3, -0.25) is 4.79 Å². The largest absolute Gasteiger partial charge is 0.411 e. The highest BCUT2D eigenvalue weighted by atomic mass is 35.5. The molecule has 1 amide bonds. The monoisotopic (exact) mass is 403 g/mol. The number of alkyl halides is 3. The Balaban J connectivity index is 1.69. The molecule has 8 heteroatoms. The zero-order valence-electron chi connectivity index (χ0n) is 13.7. The van der Waals surface area contributed by atoms with Gasteiger partial charge in [0.15, 0.2) is 0 Å². The van der Waals surface area contributed by atoms with E-state index in [1.165, 1.54) is 11.8 Å². The van der Waals surface area contributed by atoms with Gasteiger partial charge in [0, 0.05) is 16.5 Å². The topological polar surface area (TPSA) is 38.3 Å². The van der Waals surface area contributed by atoms with Crippen LogP contribution in [0.2, 0.25) is 5.02 Å². The predicted octanol–water partition coefficient (Wildman–Crippen LogP) is 4.83. The summed E-state index contributed by atoms with van der Waals surface area (Å²) in [7, 11) is 0. The molecule has 0 aromatic heterocycles. The van der Waals surface area contributed by atoms with E-state index in [2.05, 4.69) is 10.1 Å². The third-order valence-electron chi connectivity index (χ3n) is 3.23. The second kappa shape index (κ2) is 9.85. The Bertz CT molecular complexity index is 706. The number of benzene rings is 2. The van der Waals surface area contributed by atoms with Crippen molar-refractivity contribution in [1.82, 2.24) is 5.32 Å². The highest BCUT2D eigenvalue weighted by Gasteiger charge is 2.27. The minimum absolute atomic E-state index is 0.107. The lowest BCUT2D eigenvalue weighted by molar-refractivity contribution is -0.176. The summed E-state index contributed by atoms with van der Waals surface area (Å²) in [6.07, 6.45) is -4.33. The minimum Gasteiger partial charge on any atom is -0.367 e. The number of carbonyl (C=O) groups excluding carboxylic acids is 1. The van der Waals surface area contributed by atoms with Crippen LogP contribution in [0.4, 0.5) is 13.2 Å². The van der Waals surface area contributed by atoms with Crippen LogP contribution in [0.25, 0.3) is 0 Å². The zero-order valence-corrected chi connectivity index (χ0v) is 15.3. The molecule has 140 valence electrons. The van der Waals surface area contributed by atoms with E-state index in [0.717, 1.165) is 10.5 Å². The Morgan fingerprint density at radius 3 is 2.27 bits per heavy atom. The van der Waals surface area contributed by atoms with E-state index in [1.54, 1.807) is 36.4 Å². The SMILES string of the molecule is O=C(CSc1ccc(Cl)cc1)NCc1ccc(COCC(F)(F)F)cc1. The van der Waals surface area contributed by atoms with Crippen LogP contribution in [0.15, 0.2) is 53.4 Å². The Kier molecular flexibility index (Phi) is 7.81. The Labute approximate surface area is 158 Å². The van der Waals surface area contributed by atoms with Crippen molar-refractivity contribution in [1.29, 1.82) is 0 Å². The average Bonchev–Trinajstić information content (AvgIpc) is 2.59. The van der Waals surface area contributed by atoms with Gasteiger partial charge < -0.3 is 10.1 Å². The molecule has 3 nitrogen and oxygen atoms in total. The van der Waals surface area contributed by atoms with Crippen molar-refractivity contribution in [2.75, 3.05) is 12.4 Å². The highest BCUT2D eigenvalue weighted by Crippen LogP contribution is 2.20. The molecule has 0 bridgehead atoms. The predicted molar refractivity (Wildman–Crippen MR) is 96.2 cm³/mol. The first-order valence-electron chi connectivity index (χ1n) is 7.69. The number of nitrogens with one attached hydrogen (secondary N) is 1. The summed E-state index contributed by atoms with van der Waals surface area (Å²) in [4.78, 5) is 12.8. The lowest BCUT2D eigenvalue weighted by Gasteiger charge is -2.09. The molecule has 2 rings (SSSR count). The molecular weight excluding hydrogens is 387 g/mol. The number of ether oxygens (including phenoxy) is 1. The Morgan fingerprint density at radius 2 is 1.65 bits per heavy atom. The van der Waals surface area contributed by atoms with Gasteiger partial charge in [0.25, 0.3) is 0 Å². The summed E-state index contributed by atoms with van der Waals surface area (Å²) in [5.41, 5.74) is 1.50. The maximum Gasteiger partial charge on any atom is 0.411 e. The molecule has 0 saturated carbocycles. The van der Waals surface area contributed by atoms with Crippen molar-refractivity contribution in [3.8, 4) is 0 Å². The molecule has 2 aromatic rings. The van der Waals surface area contributed by atoms with Gasteiger partial charge in [0.1, 0.15) is 6.61 Å². The third-order valence-corrected chi connectivity index (χ3v) is 4.49. The van der Waals surface area contributed by atoms with Crippen molar-refractivity contribution in [2.24, 2.45) is 0 Å². The molecule has 26 heavy (non-hydrogen) atoms. The number of thioether (sulfide) groups is 1. The van der Waals surface area contributed by atoms with Crippen LogP contribution in [0.3, 0.4) is 0 Å². The molecule has 0 saturated heterocycles. The number of carbonyl (C=O) groups is 1. The van der Waals surface area contributed by atoms with Gasteiger partial charge in [0.2, 0.25) is 5.91 Å². The van der Waals surface area contributed by atoms with E-state index in [-0.39, 0.29) is 18.3 Å². The van der Waals surface area contributed by atoms with Crippen LogP contribution in [-0.2, 0) is 22.7 Å². The van der Waals surface area contributed by atoms with Crippen LogP contribution < -0.4 is 5.32 Å². The maximum atomic E-state index is 12.0. The van der Waals surface area contributed by atoms with E-state index in [4.69, 9.17) is 11.6 Å². The van der Waals surface area contributed by atoms with Gasteiger partial charge in [-0.1, -0.05) is 35.9 Å². The van der Waals surface area contributed by atoms with E-state index >= 15 is 0 Å². The van der Waals surface area contributed by atoms with Crippen molar-refractivity contribution in [2.45, 2.75) is 24.2 Å². The molecule has 0 radical (unpaired) electrons. The van der Waals surface area contributed by atoms with E-state index in [0.29, 0.717) is 17.1 Å². The molecule has 1 N–H and O–H groups in total. The van der Waals surface area contributed by atoms with E-state index in [1.807, 2.05) is 12.1 Å². The molecule has 0 aliphatic heterocycles. The zero-order chi connectivity index (χ0) is 19.0. The van der Waals surface area contributed by atoms with Gasteiger partial charge in [0.05, 0.1) is 12.4 Å². The summed E-state index contributed by atoms with van der Waals surface area (Å²) < 4.78 is 40.6. The number of rotatable bonds is 8. The van der Waals surface area contributed by atoms with Gasteiger partial charge in [-0.05, 0) is 35.4 Å². The quantitative estimate of drug-likeness (QED) is 0.642. The molecular formula is C18H17ClF3NO2S. The van der Waals surface area contributed by atoms with E-state index < -0.39 is 12.8 Å². The first kappa shape index (κ1) is 20.6.